The number of anilines is 1. The molecule has 5 aliphatic rings. The van der Waals surface area contributed by atoms with Crippen molar-refractivity contribution in [3.05, 3.63) is 11.6 Å². The smallest absolute Gasteiger partial charge is 0.340 e. The summed E-state index contributed by atoms with van der Waals surface area (Å²) in [5, 5.41) is 34.7. The fraction of sp³-hybridized carbons (Fsp3) is 0.739. The highest BCUT2D eigenvalue weighted by atomic mass is 35.5. The van der Waals surface area contributed by atoms with Crippen LogP contribution in [0, 0.1) is 17.3 Å². The van der Waals surface area contributed by atoms with E-state index in [9.17, 15) is 34.1 Å². The lowest BCUT2D eigenvalue weighted by molar-refractivity contribution is -0.172. The van der Waals surface area contributed by atoms with E-state index in [1.165, 1.54) is 10.9 Å². The van der Waals surface area contributed by atoms with Gasteiger partial charge in [-0.3, -0.25) is 18.5 Å². The predicted molar refractivity (Wildman–Crippen MR) is 148 cm³/mol. The second-order valence-corrected chi connectivity index (χ2v) is 16.8. The normalized spacial score (nSPS) is 37.5. The number of nitrogens with one attached hydrogen (secondary N) is 1. The van der Waals surface area contributed by atoms with E-state index in [-0.39, 0.29) is 22.3 Å². The maximum atomic E-state index is 13.5. The minimum absolute atomic E-state index is 0.0140. The Bertz CT molecular complexity index is 1520. The number of carbonyl (C=O) groups is 1. The molecule has 9 unspecified atom stereocenters. The number of aromatic nitrogens is 4. The monoisotopic (exact) mass is 666 g/mol. The summed E-state index contributed by atoms with van der Waals surface area (Å²) in [6, 6.07) is -0.931. The van der Waals surface area contributed by atoms with Gasteiger partial charge in [0.1, 0.15) is 18.3 Å². The number of carbonyl (C=O) groups excluding carboxylic acids is 1. The van der Waals surface area contributed by atoms with Crippen molar-refractivity contribution in [3.63, 3.8) is 0 Å². The number of nitrogens with zero attached hydrogens (tertiary/aromatic N) is 4. The zero-order valence-electron chi connectivity index (χ0n) is 22.6. The average Bonchev–Trinajstić information content (AvgIpc) is 3.40. The second-order valence-electron chi connectivity index (χ2n) is 12.5. The number of hydrogen-bond donors (Lipinski definition) is 8. The van der Waals surface area contributed by atoms with Crippen LogP contribution in [0.3, 0.4) is 0 Å². The summed E-state index contributed by atoms with van der Waals surface area (Å²) in [6.45, 7) is -0.775. The number of halogens is 1. The maximum absolute atomic E-state index is 13.5. The van der Waals surface area contributed by atoms with Gasteiger partial charge in [-0.25, -0.2) is 4.98 Å². The van der Waals surface area contributed by atoms with Gasteiger partial charge < -0.3 is 50.3 Å². The number of nitrogens with two attached hydrogens (primary N) is 1. The Morgan fingerprint density at radius 1 is 1.19 bits per heavy atom. The van der Waals surface area contributed by atoms with Crippen LogP contribution in [0.15, 0.2) is 6.33 Å². The molecule has 4 saturated carbocycles. The Kier molecular flexibility index (Phi) is 7.85. The third-order valence-electron chi connectivity index (χ3n) is 9.07. The molecular weight excluding hydrogens is 634 g/mol. The van der Waals surface area contributed by atoms with Gasteiger partial charge in [-0.1, -0.05) is 0 Å². The molecule has 0 spiro atoms. The molecule has 10 atom stereocenters. The molecule has 4 aliphatic carbocycles. The fourth-order valence-electron chi connectivity index (χ4n) is 7.84. The van der Waals surface area contributed by atoms with Crippen LogP contribution in [-0.2, 0) is 23.2 Å². The van der Waals surface area contributed by atoms with Crippen LogP contribution in [0.4, 0.5) is 5.82 Å². The summed E-state index contributed by atoms with van der Waals surface area (Å²) < 4.78 is 34.7. The predicted octanol–water partition coefficient (Wildman–Crippen LogP) is 0.0332. The van der Waals surface area contributed by atoms with Gasteiger partial charge in [0.25, 0.3) is 0 Å². The van der Waals surface area contributed by atoms with E-state index in [1.54, 1.807) is 0 Å². The van der Waals surface area contributed by atoms with Gasteiger partial charge in [0, 0.05) is 0 Å². The first kappa shape index (κ1) is 31.4. The Hall–Kier alpha value is -1.59. The quantitative estimate of drug-likeness (QED) is 0.130. The molecule has 7 rings (SSSR count). The van der Waals surface area contributed by atoms with Gasteiger partial charge in [-0.2, -0.15) is 9.97 Å². The van der Waals surface area contributed by atoms with Gasteiger partial charge in [-0.05, 0) is 67.4 Å². The minimum Gasteiger partial charge on any atom is -0.390 e. The molecule has 2 aromatic heterocycles. The van der Waals surface area contributed by atoms with Gasteiger partial charge in [-0.15, -0.1) is 0 Å². The van der Waals surface area contributed by atoms with Crippen LogP contribution in [0.5, 0.6) is 0 Å². The van der Waals surface area contributed by atoms with Crippen LogP contribution in [0.1, 0.15) is 44.8 Å². The van der Waals surface area contributed by atoms with E-state index in [4.69, 9.17) is 36.4 Å². The third kappa shape index (κ3) is 6.03. The number of hydrogen-bond acceptors (Lipinski definition) is 12. The zero-order valence-corrected chi connectivity index (χ0v) is 25.2. The molecule has 1 saturated heterocycles. The lowest BCUT2D eigenvalue weighted by Crippen LogP contribution is -2.63. The summed E-state index contributed by atoms with van der Waals surface area (Å²) in [7, 11) is -9.62. The summed E-state index contributed by atoms with van der Waals surface area (Å²) in [6.07, 6.45) is -0.340. The number of ether oxygens (including phenoxy) is 1. The Balaban J connectivity index is 1.20. The molecule has 17 nitrogen and oxygen atoms in total. The Morgan fingerprint density at radius 3 is 2.49 bits per heavy atom. The van der Waals surface area contributed by atoms with E-state index in [0.717, 1.165) is 32.1 Å². The van der Waals surface area contributed by atoms with Gasteiger partial charge >= 0.3 is 15.2 Å². The molecule has 43 heavy (non-hydrogen) atoms. The lowest BCUT2D eigenvalue weighted by Gasteiger charge is -2.61. The standard InChI is InChI=1S/C23H33ClN6O11P2/c24-21-28-17(27-19(33)16(25)22-2-10-1-11(3-22)5-23(34,4-10)7-22)13-18(29-21)30(8-26-13)20-15(32)14(31)12(41-20)6-40-43(38,39)9-42(35,36)37/h8,10-12,14-16,20,31-32,34H,1-7,9,25H2,(H,38,39)(H2,35,36,37)(H,27,28,29,33)/t10-,11?,12?,14?,15?,16?,20?,22?,23?/m1/s1. The molecule has 0 radical (unpaired) electrons. The molecule has 2 aromatic rings. The summed E-state index contributed by atoms with van der Waals surface area (Å²) in [5.41, 5.74) is 5.28. The summed E-state index contributed by atoms with van der Waals surface area (Å²) in [4.78, 5) is 53.6. The van der Waals surface area contributed by atoms with Crippen molar-refractivity contribution in [2.24, 2.45) is 23.0 Å². The Labute approximate surface area is 249 Å². The van der Waals surface area contributed by atoms with Crippen LogP contribution in [0.25, 0.3) is 11.2 Å². The number of aliphatic hydroxyl groups excluding tert-OH is 2. The third-order valence-corrected chi connectivity index (χ3v) is 12.7. The van der Waals surface area contributed by atoms with Crippen LogP contribution in [0.2, 0.25) is 5.28 Å². The summed E-state index contributed by atoms with van der Waals surface area (Å²) in [5.74, 6) is -1.37. The largest absolute Gasteiger partial charge is 0.390 e. The molecule has 3 heterocycles. The zero-order chi connectivity index (χ0) is 31.1. The molecule has 20 heteroatoms. The SMILES string of the molecule is NC(C(=O)Nc1nc(Cl)nc2c1ncn2C1OC(COP(=O)(O)CP(=O)(O)O)C(O)C1O)C12CC3C[C@@H](CC(O)(C3)C1)C2. The van der Waals surface area contributed by atoms with Crippen LogP contribution < -0.4 is 11.1 Å². The average molecular weight is 667 g/mol. The molecular formula is C23H33ClN6O11P2. The number of rotatable bonds is 9. The number of amides is 1. The first-order chi connectivity index (χ1) is 20.0. The van der Waals surface area contributed by atoms with E-state index in [1.807, 2.05) is 0 Å². The van der Waals surface area contributed by atoms with Crippen LogP contribution >= 0.6 is 26.8 Å². The summed E-state index contributed by atoms with van der Waals surface area (Å²) >= 11 is 6.17. The number of imidazole rings is 1. The number of aliphatic hydroxyl groups is 3. The van der Waals surface area contributed by atoms with Crippen molar-refractivity contribution in [1.29, 1.82) is 0 Å². The van der Waals surface area contributed by atoms with E-state index in [2.05, 4.69) is 20.3 Å². The second kappa shape index (κ2) is 10.7. The molecule has 4 bridgehead atoms. The molecule has 9 N–H and O–H groups in total. The fourth-order valence-corrected chi connectivity index (χ4v) is 10.6. The van der Waals surface area contributed by atoms with Crippen LogP contribution in [-0.4, -0.2) is 97.9 Å². The highest BCUT2D eigenvalue weighted by Crippen LogP contribution is 2.62. The van der Waals surface area contributed by atoms with Crippen molar-refractivity contribution in [2.45, 2.75) is 74.7 Å². The lowest BCUT2D eigenvalue weighted by atomic mass is 9.46. The molecule has 238 valence electrons. The maximum Gasteiger partial charge on any atom is 0.340 e. The molecule has 5 fully saturated rings. The van der Waals surface area contributed by atoms with Crippen molar-refractivity contribution in [3.8, 4) is 0 Å². The minimum atomic E-state index is -4.88. The molecule has 1 amide bonds. The topological polar surface area (TPSA) is 273 Å². The van der Waals surface area contributed by atoms with E-state index >= 15 is 0 Å². The van der Waals surface area contributed by atoms with Gasteiger partial charge in [0.2, 0.25) is 11.2 Å². The van der Waals surface area contributed by atoms with Crippen molar-refractivity contribution >= 4 is 49.7 Å². The highest BCUT2D eigenvalue weighted by molar-refractivity contribution is 7.70. The first-order valence-corrected chi connectivity index (χ1v) is 17.6. The van der Waals surface area contributed by atoms with E-state index in [0.29, 0.717) is 18.3 Å². The number of fused-ring (bicyclic) bond motifs is 1. The molecule has 1 aliphatic heterocycles. The van der Waals surface area contributed by atoms with Gasteiger partial charge in [0.05, 0.1) is 24.6 Å². The van der Waals surface area contributed by atoms with Crippen molar-refractivity contribution in [1.82, 2.24) is 19.5 Å². The Morgan fingerprint density at radius 2 is 1.86 bits per heavy atom. The van der Waals surface area contributed by atoms with Gasteiger partial charge in [0.15, 0.2) is 29.1 Å². The molecule has 0 aromatic carbocycles. The first-order valence-electron chi connectivity index (χ1n) is 13.7. The highest BCUT2D eigenvalue weighted by Gasteiger charge is 2.60. The van der Waals surface area contributed by atoms with E-state index < -0.39 is 75.2 Å². The van der Waals surface area contributed by atoms with Crippen molar-refractivity contribution in [2.75, 3.05) is 17.8 Å². The van der Waals surface area contributed by atoms with Crippen molar-refractivity contribution < 1.29 is 53.2 Å².